The Bertz CT molecular complexity index is 476. The van der Waals surface area contributed by atoms with Crippen LogP contribution in [0.5, 0.6) is 0 Å². The number of benzene rings is 1. The summed E-state index contributed by atoms with van der Waals surface area (Å²) in [6, 6.07) is 3.66. The van der Waals surface area contributed by atoms with Gasteiger partial charge in [0.2, 0.25) is 0 Å². The molecule has 0 aromatic heterocycles. The van der Waals surface area contributed by atoms with Gasteiger partial charge >= 0.3 is 5.97 Å². The van der Waals surface area contributed by atoms with Crippen molar-refractivity contribution in [2.75, 3.05) is 0 Å². The van der Waals surface area contributed by atoms with E-state index in [4.69, 9.17) is 9.84 Å². The summed E-state index contributed by atoms with van der Waals surface area (Å²) in [6.07, 6.45) is 0. The molecule has 1 aromatic rings. The first kappa shape index (κ1) is 14.1. The first-order valence-corrected chi connectivity index (χ1v) is 5.36. The quantitative estimate of drug-likeness (QED) is 0.505. The second-order valence-electron chi connectivity index (χ2n) is 4.76. The van der Waals surface area contributed by atoms with E-state index < -0.39 is 23.1 Å². The zero-order chi connectivity index (χ0) is 13.9. The molecule has 6 heteroatoms. The average molecular weight is 253 g/mol. The van der Waals surface area contributed by atoms with Gasteiger partial charge in [-0.1, -0.05) is 0 Å². The molecule has 6 nitrogen and oxygen atoms in total. The van der Waals surface area contributed by atoms with Crippen molar-refractivity contribution in [1.29, 1.82) is 0 Å². The Morgan fingerprint density at radius 2 is 2.06 bits per heavy atom. The van der Waals surface area contributed by atoms with Crippen LogP contribution in [0, 0.1) is 10.1 Å². The fourth-order valence-electron chi connectivity index (χ4n) is 1.36. The fraction of sp³-hybridized carbons (Fsp3) is 0.417. The first-order valence-electron chi connectivity index (χ1n) is 5.36. The van der Waals surface area contributed by atoms with Gasteiger partial charge in [-0.25, -0.2) is 4.79 Å². The topological polar surface area (TPSA) is 89.7 Å². The largest absolute Gasteiger partial charge is 0.456 e. The van der Waals surface area contributed by atoms with E-state index >= 15 is 0 Å². The van der Waals surface area contributed by atoms with E-state index in [1.54, 1.807) is 20.8 Å². The maximum atomic E-state index is 11.8. The number of aliphatic hydroxyl groups is 1. The number of esters is 1. The van der Waals surface area contributed by atoms with Gasteiger partial charge in [-0.05, 0) is 32.4 Å². The van der Waals surface area contributed by atoms with E-state index in [0.717, 1.165) is 0 Å². The highest BCUT2D eigenvalue weighted by atomic mass is 16.6. The van der Waals surface area contributed by atoms with Crippen LogP contribution in [-0.2, 0) is 11.3 Å². The summed E-state index contributed by atoms with van der Waals surface area (Å²) in [5.41, 5.74) is -0.520. The predicted molar refractivity (Wildman–Crippen MR) is 64.2 cm³/mol. The van der Waals surface area contributed by atoms with Crippen molar-refractivity contribution in [2.24, 2.45) is 0 Å². The van der Waals surface area contributed by atoms with Crippen LogP contribution in [0.3, 0.4) is 0 Å². The summed E-state index contributed by atoms with van der Waals surface area (Å²) in [5.74, 6) is -0.610. The van der Waals surface area contributed by atoms with Gasteiger partial charge in [0.25, 0.3) is 5.69 Å². The number of carbonyl (C=O) groups excluding carboxylic acids is 1. The van der Waals surface area contributed by atoms with E-state index in [1.807, 2.05) is 0 Å². The van der Waals surface area contributed by atoms with Gasteiger partial charge in [-0.3, -0.25) is 10.1 Å². The summed E-state index contributed by atoms with van der Waals surface area (Å²) < 4.78 is 5.15. The normalized spacial score (nSPS) is 11.1. The molecule has 0 bridgehead atoms. The van der Waals surface area contributed by atoms with Crippen molar-refractivity contribution >= 4 is 11.7 Å². The number of nitro groups is 1. The van der Waals surface area contributed by atoms with Gasteiger partial charge in [0.05, 0.1) is 17.1 Å². The molecule has 18 heavy (non-hydrogen) atoms. The van der Waals surface area contributed by atoms with E-state index in [2.05, 4.69) is 0 Å². The monoisotopic (exact) mass is 253 g/mol. The zero-order valence-electron chi connectivity index (χ0n) is 10.5. The number of non-ortho nitro benzene ring substituents is 1. The second kappa shape index (κ2) is 5.14. The van der Waals surface area contributed by atoms with E-state index in [-0.39, 0.29) is 16.8 Å². The molecule has 0 saturated carbocycles. The van der Waals surface area contributed by atoms with Gasteiger partial charge in [0, 0.05) is 12.1 Å². The molecule has 0 aliphatic heterocycles. The lowest BCUT2D eigenvalue weighted by atomic mass is 10.1. The van der Waals surface area contributed by atoms with Gasteiger partial charge in [-0.2, -0.15) is 0 Å². The molecule has 0 saturated heterocycles. The minimum Gasteiger partial charge on any atom is -0.456 e. The SMILES string of the molecule is CC(C)(C)OC(=O)c1ccc([N+](=O)[O-])cc1CO. The molecule has 1 rings (SSSR count). The maximum Gasteiger partial charge on any atom is 0.339 e. The summed E-state index contributed by atoms with van der Waals surface area (Å²) >= 11 is 0. The van der Waals surface area contributed by atoms with Crippen LogP contribution in [0.1, 0.15) is 36.7 Å². The number of hydrogen-bond donors (Lipinski definition) is 1. The number of nitro benzene ring substituents is 1. The van der Waals surface area contributed by atoms with Crippen molar-refractivity contribution < 1.29 is 19.6 Å². The van der Waals surface area contributed by atoms with Crippen LogP contribution in [0.2, 0.25) is 0 Å². The van der Waals surface area contributed by atoms with Crippen LogP contribution < -0.4 is 0 Å². The molecule has 0 radical (unpaired) electrons. The van der Waals surface area contributed by atoms with Crippen LogP contribution in [0.25, 0.3) is 0 Å². The lowest BCUT2D eigenvalue weighted by molar-refractivity contribution is -0.384. The molecule has 0 unspecified atom stereocenters. The van der Waals surface area contributed by atoms with Crippen LogP contribution in [-0.4, -0.2) is 21.6 Å². The van der Waals surface area contributed by atoms with E-state index in [9.17, 15) is 14.9 Å². The van der Waals surface area contributed by atoms with Gasteiger partial charge in [0.15, 0.2) is 0 Å². The lowest BCUT2D eigenvalue weighted by Crippen LogP contribution is -2.24. The number of hydrogen-bond acceptors (Lipinski definition) is 5. The highest BCUT2D eigenvalue weighted by molar-refractivity contribution is 5.91. The number of rotatable bonds is 3. The third-order valence-electron chi connectivity index (χ3n) is 2.09. The third-order valence-corrected chi connectivity index (χ3v) is 2.09. The van der Waals surface area contributed by atoms with Crippen LogP contribution in [0.4, 0.5) is 5.69 Å². The Balaban J connectivity index is 3.10. The average Bonchev–Trinajstić information content (AvgIpc) is 2.25. The second-order valence-corrected chi connectivity index (χ2v) is 4.76. The highest BCUT2D eigenvalue weighted by Crippen LogP contribution is 2.20. The number of nitrogens with zero attached hydrogens (tertiary/aromatic N) is 1. The van der Waals surface area contributed by atoms with Gasteiger partial charge in [0.1, 0.15) is 5.60 Å². The number of ether oxygens (including phenoxy) is 1. The van der Waals surface area contributed by atoms with Crippen molar-refractivity contribution in [3.05, 3.63) is 39.4 Å². The van der Waals surface area contributed by atoms with E-state index in [1.165, 1.54) is 18.2 Å². The minimum absolute atomic E-state index is 0.137. The third kappa shape index (κ3) is 3.53. The fourth-order valence-corrected chi connectivity index (χ4v) is 1.36. The summed E-state index contributed by atoms with van der Waals surface area (Å²) in [6.45, 7) is 4.69. The van der Waals surface area contributed by atoms with Crippen molar-refractivity contribution in [1.82, 2.24) is 0 Å². The standard InChI is InChI=1S/C12H15NO5/c1-12(2,3)18-11(15)10-5-4-9(13(16)17)6-8(10)7-14/h4-6,14H,7H2,1-3H3. The Morgan fingerprint density at radius 3 is 2.50 bits per heavy atom. The predicted octanol–water partition coefficient (Wildman–Crippen LogP) is 2.04. The Kier molecular flexibility index (Phi) is 4.03. The van der Waals surface area contributed by atoms with Gasteiger partial charge < -0.3 is 9.84 Å². The van der Waals surface area contributed by atoms with E-state index in [0.29, 0.717) is 0 Å². The summed E-state index contributed by atoms with van der Waals surface area (Å²) in [4.78, 5) is 21.8. The zero-order valence-corrected chi connectivity index (χ0v) is 10.5. The number of aliphatic hydroxyl groups excluding tert-OH is 1. The first-order chi connectivity index (χ1) is 8.24. The molecule has 0 aliphatic carbocycles. The molecule has 0 heterocycles. The molecule has 0 amide bonds. The molecule has 0 atom stereocenters. The molecule has 1 N–H and O–H groups in total. The molecular formula is C12H15NO5. The number of carbonyl (C=O) groups is 1. The maximum absolute atomic E-state index is 11.8. The summed E-state index contributed by atoms with van der Waals surface area (Å²) in [5, 5.41) is 19.7. The Labute approximate surface area is 104 Å². The molecule has 1 aromatic carbocycles. The van der Waals surface area contributed by atoms with Crippen molar-refractivity contribution in [2.45, 2.75) is 33.0 Å². The van der Waals surface area contributed by atoms with Crippen molar-refractivity contribution in [3.63, 3.8) is 0 Å². The molecule has 0 fully saturated rings. The lowest BCUT2D eigenvalue weighted by Gasteiger charge is -2.20. The Hall–Kier alpha value is -1.95. The molecule has 98 valence electrons. The molecule has 0 spiro atoms. The van der Waals surface area contributed by atoms with Gasteiger partial charge in [-0.15, -0.1) is 0 Å². The Morgan fingerprint density at radius 1 is 1.44 bits per heavy atom. The smallest absolute Gasteiger partial charge is 0.339 e. The highest BCUT2D eigenvalue weighted by Gasteiger charge is 2.21. The minimum atomic E-state index is -0.661. The van der Waals surface area contributed by atoms with Crippen molar-refractivity contribution in [3.8, 4) is 0 Å². The van der Waals surface area contributed by atoms with Crippen LogP contribution >= 0.6 is 0 Å². The summed E-state index contributed by atoms with van der Waals surface area (Å²) in [7, 11) is 0. The van der Waals surface area contributed by atoms with Crippen LogP contribution in [0.15, 0.2) is 18.2 Å². The molecular weight excluding hydrogens is 238 g/mol. The molecule has 0 aliphatic rings.